The summed E-state index contributed by atoms with van der Waals surface area (Å²) in [6, 6.07) is 13.3. The van der Waals surface area contributed by atoms with Crippen LogP contribution >= 0.6 is 11.6 Å². The van der Waals surface area contributed by atoms with Crippen molar-refractivity contribution in [1.29, 1.82) is 0 Å². The second-order valence-corrected chi connectivity index (χ2v) is 7.37. The molecule has 1 heterocycles. The van der Waals surface area contributed by atoms with Crippen LogP contribution < -0.4 is 16.6 Å². The number of fused-ring (bicyclic) bond motifs is 1. The van der Waals surface area contributed by atoms with Crippen molar-refractivity contribution in [3.05, 3.63) is 80.0 Å². The quantitative estimate of drug-likeness (QED) is 0.564. The van der Waals surface area contributed by atoms with Gasteiger partial charge in [-0.2, -0.15) is 0 Å². The van der Waals surface area contributed by atoms with Crippen LogP contribution in [0.3, 0.4) is 0 Å². The molecule has 3 aromatic rings. The number of hydrogen-bond acceptors (Lipinski definition) is 5. The van der Waals surface area contributed by atoms with Gasteiger partial charge >= 0.3 is 11.7 Å². The van der Waals surface area contributed by atoms with E-state index in [1.165, 1.54) is 4.57 Å². The second kappa shape index (κ2) is 9.61. The Morgan fingerprint density at radius 2 is 1.74 bits per heavy atom. The van der Waals surface area contributed by atoms with Gasteiger partial charge in [0.2, 0.25) is 0 Å². The van der Waals surface area contributed by atoms with Crippen LogP contribution in [-0.4, -0.2) is 27.6 Å². The average Bonchev–Trinajstić information content (AvgIpc) is 2.76. The number of amides is 1. The van der Waals surface area contributed by atoms with Crippen LogP contribution in [0.1, 0.15) is 25.5 Å². The zero-order chi connectivity index (χ0) is 22.5. The molecule has 0 radical (unpaired) electrons. The van der Waals surface area contributed by atoms with Crippen molar-refractivity contribution in [2.75, 3.05) is 6.61 Å². The molecular weight excluding hydrogens is 422 g/mol. The van der Waals surface area contributed by atoms with Crippen molar-refractivity contribution in [3.63, 3.8) is 0 Å². The zero-order valence-electron chi connectivity index (χ0n) is 17.1. The fraction of sp³-hybridized carbons (Fsp3) is 0.273. The van der Waals surface area contributed by atoms with Crippen LogP contribution in [0.2, 0.25) is 5.02 Å². The van der Waals surface area contributed by atoms with Gasteiger partial charge in [0.05, 0.1) is 16.9 Å². The van der Waals surface area contributed by atoms with E-state index in [-0.39, 0.29) is 12.6 Å². The van der Waals surface area contributed by atoms with E-state index in [1.807, 2.05) is 0 Å². The third-order valence-corrected chi connectivity index (χ3v) is 5.10. The summed E-state index contributed by atoms with van der Waals surface area (Å²) in [5, 5.41) is 3.64. The van der Waals surface area contributed by atoms with Gasteiger partial charge in [0, 0.05) is 11.6 Å². The molecule has 0 saturated carbocycles. The lowest BCUT2D eigenvalue weighted by Gasteiger charge is -2.15. The summed E-state index contributed by atoms with van der Waals surface area (Å²) in [6.45, 7) is 2.73. The molecule has 8 nitrogen and oxygen atoms in total. The lowest BCUT2D eigenvalue weighted by molar-refractivity contribution is -0.149. The van der Waals surface area contributed by atoms with E-state index in [2.05, 4.69) is 5.32 Å². The van der Waals surface area contributed by atoms with Gasteiger partial charge in [-0.15, -0.1) is 0 Å². The first-order valence-corrected chi connectivity index (χ1v) is 10.1. The number of hydrogen-bond donors (Lipinski definition) is 1. The Morgan fingerprint density at radius 3 is 2.42 bits per heavy atom. The van der Waals surface area contributed by atoms with Gasteiger partial charge in [-0.25, -0.2) is 4.79 Å². The molecule has 9 heteroatoms. The van der Waals surface area contributed by atoms with Crippen molar-refractivity contribution in [3.8, 4) is 0 Å². The fourth-order valence-electron chi connectivity index (χ4n) is 3.24. The Hall–Kier alpha value is -3.39. The fourth-order valence-corrected chi connectivity index (χ4v) is 3.37. The van der Waals surface area contributed by atoms with E-state index < -0.39 is 36.3 Å². The summed E-state index contributed by atoms with van der Waals surface area (Å²) in [5.41, 5.74) is 0.163. The highest BCUT2D eigenvalue weighted by molar-refractivity contribution is 6.30. The Kier molecular flexibility index (Phi) is 6.91. The largest absolute Gasteiger partial charge is 0.454 e. The molecule has 31 heavy (non-hydrogen) atoms. The van der Waals surface area contributed by atoms with Crippen molar-refractivity contribution in [2.24, 2.45) is 0 Å². The molecular formula is C22H22ClN3O5. The Bertz CT molecular complexity index is 1230. The van der Waals surface area contributed by atoms with E-state index >= 15 is 0 Å². The Morgan fingerprint density at radius 1 is 1.06 bits per heavy atom. The van der Waals surface area contributed by atoms with E-state index in [0.29, 0.717) is 15.9 Å². The molecule has 0 spiro atoms. The molecule has 0 aliphatic rings. The molecule has 1 N–H and O–H groups in total. The highest BCUT2D eigenvalue weighted by Crippen LogP contribution is 2.15. The monoisotopic (exact) mass is 443 g/mol. The normalized spacial score (nSPS) is 11.8. The predicted molar refractivity (Wildman–Crippen MR) is 117 cm³/mol. The maximum absolute atomic E-state index is 12.7. The number of nitrogens with one attached hydrogen (secondary N) is 1. The summed E-state index contributed by atoms with van der Waals surface area (Å²) < 4.78 is 7.28. The minimum Gasteiger partial charge on any atom is -0.454 e. The second-order valence-electron chi connectivity index (χ2n) is 6.94. The van der Waals surface area contributed by atoms with Gasteiger partial charge in [0.1, 0.15) is 6.54 Å². The minimum absolute atomic E-state index is 0.169. The van der Waals surface area contributed by atoms with Crippen molar-refractivity contribution in [1.82, 2.24) is 14.5 Å². The van der Waals surface area contributed by atoms with Gasteiger partial charge in [-0.05, 0) is 43.7 Å². The molecule has 0 aliphatic carbocycles. The minimum atomic E-state index is -0.761. The average molecular weight is 444 g/mol. The van der Waals surface area contributed by atoms with Gasteiger partial charge < -0.3 is 10.1 Å². The number of nitrogens with zero attached hydrogens (tertiary/aromatic N) is 2. The van der Waals surface area contributed by atoms with Crippen LogP contribution in [0.25, 0.3) is 10.9 Å². The number of ether oxygens (including phenoxy) is 1. The standard InChI is InChI=1S/C22H22ClN3O5/c1-3-25-21(29)17-6-4-5-7-18(17)26(22(25)30)12-20(28)31-13-19(27)24-14(2)15-8-10-16(23)11-9-15/h4-11,14H,3,12-13H2,1-2H3,(H,24,27). The Balaban J connectivity index is 1.68. The van der Waals surface area contributed by atoms with Crippen LogP contribution in [0, 0.1) is 0 Å². The first kappa shape index (κ1) is 22.3. The smallest absolute Gasteiger partial charge is 0.332 e. The summed E-state index contributed by atoms with van der Waals surface area (Å²) in [7, 11) is 0. The van der Waals surface area contributed by atoms with Crippen molar-refractivity contribution < 1.29 is 14.3 Å². The SMILES string of the molecule is CCn1c(=O)c2ccccc2n(CC(=O)OCC(=O)NC(C)c2ccc(Cl)cc2)c1=O. The molecule has 162 valence electrons. The predicted octanol–water partition coefficient (Wildman–Crippen LogP) is 2.26. The summed E-state index contributed by atoms with van der Waals surface area (Å²) in [5.74, 6) is -1.24. The summed E-state index contributed by atoms with van der Waals surface area (Å²) in [6.07, 6.45) is 0. The maximum atomic E-state index is 12.7. The van der Waals surface area contributed by atoms with Gasteiger partial charge in [0.25, 0.3) is 11.5 Å². The van der Waals surface area contributed by atoms with Crippen molar-refractivity contribution >= 4 is 34.4 Å². The number of carbonyl (C=O) groups excluding carboxylic acids is 2. The van der Waals surface area contributed by atoms with Crippen molar-refractivity contribution in [2.45, 2.75) is 33.0 Å². The molecule has 0 bridgehead atoms. The number of benzene rings is 2. The van der Waals surface area contributed by atoms with Crippen LogP contribution in [0.4, 0.5) is 0 Å². The molecule has 0 saturated heterocycles. The van der Waals surface area contributed by atoms with Crippen LogP contribution in [-0.2, 0) is 27.4 Å². The Labute approximate surface area is 183 Å². The summed E-state index contributed by atoms with van der Waals surface area (Å²) in [4.78, 5) is 49.6. The number of aromatic nitrogens is 2. The molecule has 1 amide bonds. The van der Waals surface area contributed by atoms with E-state index in [9.17, 15) is 19.2 Å². The molecule has 2 aromatic carbocycles. The first-order chi connectivity index (χ1) is 14.8. The first-order valence-electron chi connectivity index (χ1n) is 9.74. The number of esters is 1. The number of para-hydroxylation sites is 1. The highest BCUT2D eigenvalue weighted by Gasteiger charge is 2.16. The van der Waals surface area contributed by atoms with Crippen LogP contribution in [0.15, 0.2) is 58.1 Å². The molecule has 1 aromatic heterocycles. The number of rotatable bonds is 7. The lowest BCUT2D eigenvalue weighted by Crippen LogP contribution is -2.41. The molecule has 1 atom stereocenters. The third-order valence-electron chi connectivity index (χ3n) is 4.85. The number of halogens is 1. The summed E-state index contributed by atoms with van der Waals surface area (Å²) >= 11 is 5.86. The van der Waals surface area contributed by atoms with E-state index in [1.54, 1.807) is 62.4 Å². The highest BCUT2D eigenvalue weighted by atomic mass is 35.5. The molecule has 3 rings (SSSR count). The molecule has 1 unspecified atom stereocenters. The molecule has 0 fully saturated rings. The van der Waals surface area contributed by atoms with Crippen LogP contribution in [0.5, 0.6) is 0 Å². The number of carbonyl (C=O) groups is 2. The topological polar surface area (TPSA) is 99.4 Å². The lowest BCUT2D eigenvalue weighted by atomic mass is 10.1. The maximum Gasteiger partial charge on any atom is 0.332 e. The van der Waals surface area contributed by atoms with Gasteiger partial charge in [0.15, 0.2) is 6.61 Å². The van der Waals surface area contributed by atoms with E-state index in [4.69, 9.17) is 16.3 Å². The molecule has 0 aliphatic heterocycles. The van der Waals surface area contributed by atoms with Gasteiger partial charge in [-0.3, -0.25) is 23.5 Å². The van der Waals surface area contributed by atoms with E-state index in [0.717, 1.165) is 10.1 Å². The third kappa shape index (κ3) is 5.03. The zero-order valence-corrected chi connectivity index (χ0v) is 17.9. The van der Waals surface area contributed by atoms with Gasteiger partial charge in [-0.1, -0.05) is 35.9 Å².